The molecule has 7 heteroatoms. The Balaban J connectivity index is 1.76. The minimum absolute atomic E-state index is 0.00269. The lowest BCUT2D eigenvalue weighted by atomic mass is 10.1. The second-order valence-corrected chi connectivity index (χ2v) is 8.76. The van der Waals surface area contributed by atoms with Crippen molar-refractivity contribution in [1.82, 2.24) is 5.32 Å². The maximum atomic E-state index is 12.2. The van der Waals surface area contributed by atoms with E-state index >= 15 is 0 Å². The molecule has 2 rings (SSSR count). The molecule has 0 fully saturated rings. The first kappa shape index (κ1) is 21.8. The van der Waals surface area contributed by atoms with Crippen LogP contribution < -0.4 is 14.8 Å². The van der Waals surface area contributed by atoms with Gasteiger partial charge in [0.25, 0.3) is 5.91 Å². The van der Waals surface area contributed by atoms with Crippen molar-refractivity contribution in [3.05, 3.63) is 59.7 Å². The number of sulfonamides is 1. The van der Waals surface area contributed by atoms with Crippen LogP contribution in [-0.4, -0.2) is 32.7 Å². The van der Waals surface area contributed by atoms with Gasteiger partial charge in [0.1, 0.15) is 5.75 Å². The number of hydrogen-bond donors (Lipinski definition) is 2. The topological polar surface area (TPSA) is 84.5 Å². The van der Waals surface area contributed by atoms with Gasteiger partial charge in [-0.3, -0.25) is 9.52 Å². The number of amides is 1. The minimum Gasteiger partial charge on any atom is -0.491 e. The van der Waals surface area contributed by atoms with Crippen molar-refractivity contribution < 1.29 is 17.9 Å². The molecule has 2 aromatic carbocycles. The van der Waals surface area contributed by atoms with Gasteiger partial charge in [0, 0.05) is 17.8 Å². The van der Waals surface area contributed by atoms with Crippen LogP contribution >= 0.6 is 0 Å². The Morgan fingerprint density at radius 1 is 1.04 bits per heavy atom. The highest BCUT2D eigenvalue weighted by atomic mass is 32.2. The average molecular weight is 405 g/mol. The molecule has 0 unspecified atom stereocenters. The normalized spacial score (nSPS) is 11.3. The smallest absolute Gasteiger partial charge is 0.251 e. The van der Waals surface area contributed by atoms with E-state index in [1.54, 1.807) is 31.2 Å². The number of anilines is 1. The van der Waals surface area contributed by atoms with Crippen molar-refractivity contribution >= 4 is 21.6 Å². The van der Waals surface area contributed by atoms with Crippen molar-refractivity contribution in [1.29, 1.82) is 0 Å². The number of carbonyl (C=O) groups excluding carboxylic acids is 1. The van der Waals surface area contributed by atoms with E-state index < -0.39 is 10.0 Å². The summed E-state index contributed by atoms with van der Waals surface area (Å²) in [5.41, 5.74) is 2.14. The zero-order valence-electron chi connectivity index (χ0n) is 16.6. The van der Waals surface area contributed by atoms with Gasteiger partial charge in [0.2, 0.25) is 10.0 Å². The number of nitrogens with one attached hydrogen (secondary N) is 2. The maximum absolute atomic E-state index is 12.2. The SMILES string of the molecule is CCS(=O)(=O)Nc1ccc(C(=O)NCCCc2ccc(OC(C)C)cc2)cc1. The fourth-order valence-corrected chi connectivity index (χ4v) is 3.18. The summed E-state index contributed by atoms with van der Waals surface area (Å²) in [7, 11) is -3.32. The minimum atomic E-state index is -3.32. The fourth-order valence-electron chi connectivity index (χ4n) is 2.54. The number of hydrogen-bond acceptors (Lipinski definition) is 4. The maximum Gasteiger partial charge on any atom is 0.251 e. The quantitative estimate of drug-likeness (QED) is 0.593. The van der Waals surface area contributed by atoms with Gasteiger partial charge in [-0.25, -0.2) is 8.42 Å². The summed E-state index contributed by atoms with van der Waals surface area (Å²) in [6.45, 7) is 6.12. The lowest BCUT2D eigenvalue weighted by molar-refractivity contribution is 0.0953. The summed E-state index contributed by atoms with van der Waals surface area (Å²) in [6.07, 6.45) is 1.84. The molecule has 0 heterocycles. The number of rotatable bonds is 10. The number of ether oxygens (including phenoxy) is 1. The van der Waals surface area contributed by atoms with E-state index in [4.69, 9.17) is 4.74 Å². The van der Waals surface area contributed by atoms with Crippen LogP contribution in [-0.2, 0) is 16.4 Å². The van der Waals surface area contributed by atoms with Crippen LogP contribution in [0.5, 0.6) is 5.75 Å². The van der Waals surface area contributed by atoms with Crippen molar-refractivity contribution in [2.45, 2.75) is 39.7 Å². The molecular formula is C21H28N2O4S. The van der Waals surface area contributed by atoms with Gasteiger partial charge in [-0.1, -0.05) is 12.1 Å². The predicted molar refractivity (Wildman–Crippen MR) is 112 cm³/mol. The van der Waals surface area contributed by atoms with Gasteiger partial charge >= 0.3 is 0 Å². The molecule has 0 atom stereocenters. The molecule has 0 aromatic heterocycles. The lowest BCUT2D eigenvalue weighted by Crippen LogP contribution is -2.24. The molecular weight excluding hydrogens is 376 g/mol. The molecule has 0 aliphatic rings. The van der Waals surface area contributed by atoms with E-state index in [1.165, 1.54) is 5.56 Å². The lowest BCUT2D eigenvalue weighted by Gasteiger charge is -2.10. The molecule has 0 saturated carbocycles. The largest absolute Gasteiger partial charge is 0.491 e. The number of aryl methyl sites for hydroxylation is 1. The third-order valence-corrected chi connectivity index (χ3v) is 5.33. The summed E-state index contributed by atoms with van der Waals surface area (Å²) in [5, 5.41) is 2.88. The van der Waals surface area contributed by atoms with Crippen LogP contribution in [0.4, 0.5) is 5.69 Å². The molecule has 0 spiro atoms. The molecule has 6 nitrogen and oxygen atoms in total. The van der Waals surface area contributed by atoms with E-state index in [2.05, 4.69) is 10.0 Å². The van der Waals surface area contributed by atoms with Gasteiger partial charge in [0.15, 0.2) is 0 Å². The molecule has 2 aromatic rings. The first-order valence-corrected chi connectivity index (χ1v) is 11.1. The van der Waals surface area contributed by atoms with Gasteiger partial charge in [-0.2, -0.15) is 0 Å². The summed E-state index contributed by atoms with van der Waals surface area (Å²) in [5.74, 6) is 0.685. The predicted octanol–water partition coefficient (Wildman–Crippen LogP) is 3.60. The molecule has 1 amide bonds. The van der Waals surface area contributed by atoms with Crippen LogP contribution in [0.1, 0.15) is 43.1 Å². The molecule has 0 radical (unpaired) electrons. The zero-order chi connectivity index (χ0) is 20.6. The summed E-state index contributed by atoms with van der Waals surface area (Å²) in [6, 6.07) is 14.4. The Kier molecular flexibility index (Phi) is 7.87. The molecule has 0 aliphatic heterocycles. The molecule has 0 bridgehead atoms. The second-order valence-electron chi connectivity index (χ2n) is 6.75. The van der Waals surface area contributed by atoms with Gasteiger partial charge in [0.05, 0.1) is 11.9 Å². The highest BCUT2D eigenvalue weighted by Crippen LogP contribution is 2.15. The summed E-state index contributed by atoms with van der Waals surface area (Å²) < 4.78 is 31.2. The first-order chi connectivity index (χ1) is 13.3. The van der Waals surface area contributed by atoms with E-state index in [1.807, 2.05) is 38.1 Å². The Labute approximate surface area is 167 Å². The van der Waals surface area contributed by atoms with Crippen LogP contribution in [0.2, 0.25) is 0 Å². The summed E-state index contributed by atoms with van der Waals surface area (Å²) in [4.78, 5) is 12.2. The van der Waals surface area contributed by atoms with E-state index in [9.17, 15) is 13.2 Å². The van der Waals surface area contributed by atoms with Crippen molar-refractivity contribution in [3.63, 3.8) is 0 Å². The molecule has 0 aliphatic carbocycles. The standard InChI is InChI=1S/C21H28N2O4S/c1-4-28(25,26)23-19-11-9-18(10-12-19)21(24)22-15-5-6-17-7-13-20(14-8-17)27-16(2)3/h7-14,16,23H,4-6,15H2,1-3H3,(H,22,24). The molecule has 152 valence electrons. The Bertz CT molecular complexity index is 860. The second kappa shape index (κ2) is 10.1. The number of carbonyl (C=O) groups is 1. The van der Waals surface area contributed by atoms with Crippen molar-refractivity contribution in [2.24, 2.45) is 0 Å². The Morgan fingerprint density at radius 3 is 2.25 bits per heavy atom. The van der Waals surface area contributed by atoms with Crippen LogP contribution in [0.15, 0.2) is 48.5 Å². The molecule has 2 N–H and O–H groups in total. The van der Waals surface area contributed by atoms with Crippen LogP contribution in [0.3, 0.4) is 0 Å². The van der Waals surface area contributed by atoms with E-state index in [-0.39, 0.29) is 17.8 Å². The van der Waals surface area contributed by atoms with Crippen molar-refractivity contribution in [2.75, 3.05) is 17.0 Å². The first-order valence-electron chi connectivity index (χ1n) is 9.43. The highest BCUT2D eigenvalue weighted by Gasteiger charge is 2.08. The molecule has 0 saturated heterocycles. The molecule has 28 heavy (non-hydrogen) atoms. The van der Waals surface area contributed by atoms with E-state index in [0.717, 1.165) is 18.6 Å². The third-order valence-electron chi connectivity index (χ3n) is 4.02. The Hall–Kier alpha value is -2.54. The van der Waals surface area contributed by atoms with Crippen molar-refractivity contribution in [3.8, 4) is 5.75 Å². The van der Waals surface area contributed by atoms with Gasteiger partial charge in [-0.15, -0.1) is 0 Å². The van der Waals surface area contributed by atoms with Gasteiger partial charge in [-0.05, 0) is 75.6 Å². The third kappa shape index (κ3) is 7.23. The monoisotopic (exact) mass is 404 g/mol. The highest BCUT2D eigenvalue weighted by molar-refractivity contribution is 7.92. The van der Waals surface area contributed by atoms with Crippen LogP contribution in [0, 0.1) is 0 Å². The average Bonchev–Trinajstić information content (AvgIpc) is 2.66. The Morgan fingerprint density at radius 2 is 1.68 bits per heavy atom. The van der Waals surface area contributed by atoms with Gasteiger partial charge < -0.3 is 10.1 Å². The fraction of sp³-hybridized carbons (Fsp3) is 0.381. The van der Waals surface area contributed by atoms with Crippen LogP contribution in [0.25, 0.3) is 0 Å². The van der Waals surface area contributed by atoms with E-state index in [0.29, 0.717) is 17.8 Å². The summed E-state index contributed by atoms with van der Waals surface area (Å²) >= 11 is 0. The number of benzene rings is 2. The zero-order valence-corrected chi connectivity index (χ0v) is 17.4.